The van der Waals surface area contributed by atoms with E-state index in [2.05, 4.69) is 52.0 Å². The molecule has 3 aromatic carbocycles. The molecule has 0 amide bonds. The second kappa shape index (κ2) is 4.76. The van der Waals surface area contributed by atoms with Crippen LogP contribution in [0.25, 0.3) is 32.6 Å². The molecule has 2 heteroatoms. The molecule has 23 heavy (non-hydrogen) atoms. The summed E-state index contributed by atoms with van der Waals surface area (Å²) in [5.74, 6) is 0. The smallest absolute Gasteiger partial charge is 0.0977 e. The van der Waals surface area contributed by atoms with Gasteiger partial charge in [-0.2, -0.15) is 0 Å². The highest BCUT2D eigenvalue weighted by molar-refractivity contribution is 6.25. The van der Waals surface area contributed by atoms with E-state index < -0.39 is 0 Å². The second-order valence-electron chi connectivity index (χ2n) is 6.50. The molecule has 2 nitrogen and oxygen atoms in total. The normalized spacial score (nSPS) is 11.7. The summed E-state index contributed by atoms with van der Waals surface area (Å²) in [5, 5.41) is 5.05. The fourth-order valence-corrected chi connectivity index (χ4v) is 3.70. The van der Waals surface area contributed by atoms with Crippen molar-refractivity contribution in [1.29, 1.82) is 0 Å². The summed E-state index contributed by atoms with van der Waals surface area (Å²) in [4.78, 5) is 9.58. The lowest BCUT2D eigenvalue weighted by atomic mass is 9.88. The van der Waals surface area contributed by atoms with Crippen molar-refractivity contribution < 1.29 is 0 Å². The first kappa shape index (κ1) is 14.1. The minimum atomic E-state index is 0.962. The zero-order valence-corrected chi connectivity index (χ0v) is 14.3. The lowest BCUT2D eigenvalue weighted by molar-refractivity contribution is 1.19. The fraction of sp³-hybridized carbons (Fsp3) is 0.238. The molecule has 0 bridgehead atoms. The molecule has 0 atom stereocenters. The first-order valence-corrected chi connectivity index (χ1v) is 8.05. The van der Waals surface area contributed by atoms with Crippen LogP contribution in [-0.4, -0.2) is 9.97 Å². The Morgan fingerprint density at radius 3 is 1.96 bits per heavy atom. The van der Waals surface area contributed by atoms with Crippen molar-refractivity contribution in [2.75, 3.05) is 0 Å². The van der Waals surface area contributed by atoms with Gasteiger partial charge in [-0.15, -0.1) is 0 Å². The molecular formula is C21H20N2. The Kier molecular flexibility index (Phi) is 2.92. The Labute approximate surface area is 136 Å². The summed E-state index contributed by atoms with van der Waals surface area (Å²) in [5.41, 5.74) is 8.40. The highest BCUT2D eigenvalue weighted by Crippen LogP contribution is 2.39. The molecule has 1 aromatic heterocycles. The molecule has 114 valence electrons. The average Bonchev–Trinajstić information content (AvgIpc) is 2.56. The molecule has 0 aliphatic rings. The average molecular weight is 300 g/mol. The molecule has 0 aliphatic heterocycles. The van der Waals surface area contributed by atoms with Crippen molar-refractivity contribution in [3.05, 3.63) is 58.4 Å². The quantitative estimate of drug-likeness (QED) is 0.402. The minimum Gasteiger partial charge on any atom is -0.252 e. The van der Waals surface area contributed by atoms with Crippen LogP contribution in [-0.2, 0) is 0 Å². The van der Waals surface area contributed by atoms with Crippen molar-refractivity contribution in [2.24, 2.45) is 0 Å². The topological polar surface area (TPSA) is 25.8 Å². The standard InChI is InChI=1S/C21H20N2/c1-11-10-22-20-17-9-7-6-8-16(17)18-14(4)12(2)13(3)15(5)19(18)21(20)23-11/h6-10H,1-5H3. The summed E-state index contributed by atoms with van der Waals surface area (Å²) in [6.07, 6.45) is 1.86. The van der Waals surface area contributed by atoms with Crippen LogP contribution in [0.1, 0.15) is 27.9 Å². The number of rotatable bonds is 0. The number of fused-ring (bicyclic) bond motifs is 6. The van der Waals surface area contributed by atoms with Gasteiger partial charge in [-0.3, -0.25) is 4.98 Å². The highest BCUT2D eigenvalue weighted by Gasteiger charge is 2.17. The monoisotopic (exact) mass is 300 g/mol. The third kappa shape index (κ3) is 1.81. The number of aryl methyl sites for hydroxylation is 3. The van der Waals surface area contributed by atoms with Crippen molar-refractivity contribution in [2.45, 2.75) is 34.6 Å². The van der Waals surface area contributed by atoms with E-state index in [1.165, 1.54) is 43.8 Å². The summed E-state index contributed by atoms with van der Waals surface area (Å²) in [6, 6.07) is 8.56. The Morgan fingerprint density at radius 2 is 1.26 bits per heavy atom. The zero-order chi connectivity index (χ0) is 16.3. The van der Waals surface area contributed by atoms with Gasteiger partial charge < -0.3 is 0 Å². The van der Waals surface area contributed by atoms with Gasteiger partial charge in [0.2, 0.25) is 0 Å². The van der Waals surface area contributed by atoms with Crippen molar-refractivity contribution in [3.63, 3.8) is 0 Å². The van der Waals surface area contributed by atoms with E-state index in [4.69, 9.17) is 9.97 Å². The molecule has 4 rings (SSSR count). The van der Waals surface area contributed by atoms with Gasteiger partial charge in [0.05, 0.1) is 16.7 Å². The third-order valence-electron chi connectivity index (χ3n) is 5.27. The SMILES string of the molecule is Cc1cnc2c3ccccc3c3c(C)c(C)c(C)c(C)c3c2n1. The highest BCUT2D eigenvalue weighted by atomic mass is 14.8. The van der Waals surface area contributed by atoms with Gasteiger partial charge in [0.1, 0.15) is 0 Å². The van der Waals surface area contributed by atoms with Gasteiger partial charge >= 0.3 is 0 Å². The summed E-state index contributed by atoms with van der Waals surface area (Å²) >= 11 is 0. The van der Waals surface area contributed by atoms with Crippen molar-refractivity contribution >= 4 is 32.6 Å². The number of aromatic nitrogens is 2. The summed E-state index contributed by atoms with van der Waals surface area (Å²) in [6.45, 7) is 10.9. The molecule has 0 fully saturated rings. The second-order valence-corrected chi connectivity index (χ2v) is 6.50. The molecule has 4 aromatic rings. The van der Waals surface area contributed by atoms with E-state index >= 15 is 0 Å². The van der Waals surface area contributed by atoms with Gasteiger partial charge in [-0.25, -0.2) is 4.98 Å². The molecule has 0 unspecified atom stereocenters. The molecule has 0 spiro atoms. The van der Waals surface area contributed by atoms with E-state index in [9.17, 15) is 0 Å². The van der Waals surface area contributed by atoms with Gasteiger partial charge in [0, 0.05) is 17.0 Å². The van der Waals surface area contributed by atoms with E-state index in [-0.39, 0.29) is 0 Å². The zero-order valence-electron chi connectivity index (χ0n) is 14.3. The molecule has 0 aliphatic carbocycles. The molecule has 0 saturated carbocycles. The van der Waals surface area contributed by atoms with Crippen LogP contribution in [0.4, 0.5) is 0 Å². The maximum absolute atomic E-state index is 4.86. The van der Waals surface area contributed by atoms with Crippen LogP contribution in [0, 0.1) is 34.6 Å². The minimum absolute atomic E-state index is 0.962. The van der Waals surface area contributed by atoms with E-state index in [1.54, 1.807) is 0 Å². The van der Waals surface area contributed by atoms with Crippen molar-refractivity contribution in [1.82, 2.24) is 9.97 Å². The number of hydrogen-bond donors (Lipinski definition) is 0. The predicted octanol–water partition coefficient (Wildman–Crippen LogP) is 5.48. The third-order valence-corrected chi connectivity index (χ3v) is 5.27. The molecule has 0 N–H and O–H groups in total. The molecular weight excluding hydrogens is 280 g/mol. The molecule has 1 heterocycles. The Morgan fingerprint density at radius 1 is 0.652 bits per heavy atom. The predicted molar refractivity (Wildman–Crippen MR) is 98.2 cm³/mol. The number of nitrogens with zero attached hydrogens (tertiary/aromatic N) is 2. The van der Waals surface area contributed by atoms with Gasteiger partial charge in [0.25, 0.3) is 0 Å². The van der Waals surface area contributed by atoms with Crippen LogP contribution >= 0.6 is 0 Å². The largest absolute Gasteiger partial charge is 0.252 e. The Bertz CT molecular complexity index is 1110. The maximum atomic E-state index is 4.86. The number of hydrogen-bond acceptors (Lipinski definition) is 2. The maximum Gasteiger partial charge on any atom is 0.0977 e. The Hall–Kier alpha value is -2.48. The molecule has 0 saturated heterocycles. The van der Waals surface area contributed by atoms with Gasteiger partial charge in [-0.05, 0) is 67.6 Å². The summed E-state index contributed by atoms with van der Waals surface area (Å²) < 4.78 is 0. The van der Waals surface area contributed by atoms with Gasteiger partial charge in [-0.1, -0.05) is 24.3 Å². The lowest BCUT2D eigenvalue weighted by Gasteiger charge is -2.18. The van der Waals surface area contributed by atoms with Crippen LogP contribution in [0.5, 0.6) is 0 Å². The Balaban J connectivity index is 2.49. The first-order chi connectivity index (χ1) is 11.0. The van der Waals surface area contributed by atoms with Crippen LogP contribution in [0.3, 0.4) is 0 Å². The van der Waals surface area contributed by atoms with Crippen molar-refractivity contribution in [3.8, 4) is 0 Å². The van der Waals surface area contributed by atoms with Gasteiger partial charge in [0.15, 0.2) is 0 Å². The van der Waals surface area contributed by atoms with E-state index in [1.807, 2.05) is 13.1 Å². The summed E-state index contributed by atoms with van der Waals surface area (Å²) in [7, 11) is 0. The van der Waals surface area contributed by atoms with Crippen LogP contribution in [0.2, 0.25) is 0 Å². The van der Waals surface area contributed by atoms with Crippen LogP contribution < -0.4 is 0 Å². The fourth-order valence-electron chi connectivity index (χ4n) is 3.70. The van der Waals surface area contributed by atoms with E-state index in [0.29, 0.717) is 0 Å². The molecule has 0 radical (unpaired) electrons. The number of benzene rings is 3. The van der Waals surface area contributed by atoms with E-state index in [0.717, 1.165) is 16.7 Å². The first-order valence-electron chi connectivity index (χ1n) is 8.05. The van der Waals surface area contributed by atoms with Crippen LogP contribution in [0.15, 0.2) is 30.5 Å². The lowest BCUT2D eigenvalue weighted by Crippen LogP contribution is -1.98.